The van der Waals surface area contributed by atoms with Crippen molar-refractivity contribution < 1.29 is 18.7 Å². The highest BCUT2D eigenvalue weighted by atomic mass is 32.2. The number of methoxy groups -OCH3 is 1. The summed E-state index contributed by atoms with van der Waals surface area (Å²) in [6.07, 6.45) is 1.63. The lowest BCUT2D eigenvalue weighted by atomic mass is 10.1. The van der Waals surface area contributed by atoms with Gasteiger partial charge < -0.3 is 14.4 Å². The Labute approximate surface area is 176 Å². The van der Waals surface area contributed by atoms with Crippen LogP contribution >= 0.6 is 23.1 Å². The van der Waals surface area contributed by atoms with Crippen molar-refractivity contribution in [2.75, 3.05) is 26.0 Å². The first-order chi connectivity index (χ1) is 14.1. The van der Waals surface area contributed by atoms with Crippen LogP contribution in [0.15, 0.2) is 47.4 Å². The van der Waals surface area contributed by atoms with E-state index in [-0.39, 0.29) is 17.8 Å². The van der Waals surface area contributed by atoms with Crippen LogP contribution in [0, 0.1) is 5.82 Å². The van der Waals surface area contributed by atoms with Crippen molar-refractivity contribution in [3.63, 3.8) is 0 Å². The van der Waals surface area contributed by atoms with Crippen LogP contribution in [0.3, 0.4) is 0 Å². The van der Waals surface area contributed by atoms with E-state index in [0.717, 1.165) is 33.7 Å². The predicted molar refractivity (Wildman–Crippen MR) is 114 cm³/mol. The number of benzene rings is 2. The maximum Gasteiger partial charge on any atom is 0.274 e. The number of thiazole rings is 1. The molecule has 152 valence electrons. The van der Waals surface area contributed by atoms with Crippen molar-refractivity contribution >= 4 is 39.2 Å². The van der Waals surface area contributed by atoms with Gasteiger partial charge in [0.15, 0.2) is 0 Å². The van der Waals surface area contributed by atoms with Gasteiger partial charge in [0, 0.05) is 30.8 Å². The number of halogens is 1. The molecule has 1 amide bonds. The number of nitrogens with zero attached hydrogens (tertiary/aromatic N) is 2. The molecule has 1 fully saturated rings. The number of ether oxygens (including phenoxy) is 2. The van der Waals surface area contributed by atoms with Gasteiger partial charge in [-0.2, -0.15) is 0 Å². The van der Waals surface area contributed by atoms with E-state index in [0.29, 0.717) is 24.0 Å². The Kier molecular flexibility index (Phi) is 6.20. The van der Waals surface area contributed by atoms with Gasteiger partial charge in [0.1, 0.15) is 17.7 Å². The van der Waals surface area contributed by atoms with Gasteiger partial charge in [-0.3, -0.25) is 4.79 Å². The number of amides is 1. The highest BCUT2D eigenvalue weighted by Gasteiger charge is 2.24. The Morgan fingerprint density at radius 3 is 2.72 bits per heavy atom. The lowest BCUT2D eigenvalue weighted by Crippen LogP contribution is -2.42. The molecule has 5 nitrogen and oxygen atoms in total. The molecule has 2 heterocycles. The molecule has 4 rings (SSSR count). The molecule has 0 aliphatic carbocycles. The van der Waals surface area contributed by atoms with E-state index < -0.39 is 0 Å². The molecule has 0 radical (unpaired) electrons. The van der Waals surface area contributed by atoms with Crippen LogP contribution in [0.4, 0.5) is 4.39 Å². The number of rotatable bonds is 6. The molecule has 29 heavy (non-hydrogen) atoms. The van der Waals surface area contributed by atoms with Gasteiger partial charge >= 0.3 is 0 Å². The Morgan fingerprint density at radius 1 is 1.24 bits per heavy atom. The van der Waals surface area contributed by atoms with E-state index in [1.165, 1.54) is 35.2 Å². The number of carbonyl (C=O) groups excluding carboxylic acids is 1. The Morgan fingerprint density at radius 2 is 2.00 bits per heavy atom. The van der Waals surface area contributed by atoms with Crippen LogP contribution in [0.25, 0.3) is 10.2 Å². The molecule has 0 N–H and O–H groups in total. The SMILES string of the molecule is COc1ccc2nc(OC3CCN(C(=O)CSc4ccc(F)cc4)CC3)sc2c1. The normalized spacial score (nSPS) is 14.9. The van der Waals surface area contributed by atoms with Crippen LogP contribution in [-0.4, -0.2) is 47.8 Å². The second kappa shape index (κ2) is 9.00. The van der Waals surface area contributed by atoms with Crippen molar-refractivity contribution in [3.05, 3.63) is 48.3 Å². The fourth-order valence-corrected chi connectivity index (χ4v) is 4.90. The van der Waals surface area contributed by atoms with Gasteiger partial charge in [-0.15, -0.1) is 11.8 Å². The van der Waals surface area contributed by atoms with E-state index in [9.17, 15) is 9.18 Å². The summed E-state index contributed by atoms with van der Waals surface area (Å²) in [4.78, 5) is 19.8. The van der Waals surface area contributed by atoms with E-state index in [1.807, 2.05) is 23.1 Å². The van der Waals surface area contributed by atoms with E-state index in [1.54, 1.807) is 19.2 Å². The number of piperidine rings is 1. The zero-order valence-corrected chi connectivity index (χ0v) is 17.6. The van der Waals surface area contributed by atoms with Gasteiger partial charge in [-0.1, -0.05) is 11.3 Å². The molecule has 0 spiro atoms. The molecule has 2 aromatic carbocycles. The topological polar surface area (TPSA) is 51.7 Å². The second-order valence-electron chi connectivity index (χ2n) is 6.75. The first-order valence-electron chi connectivity index (χ1n) is 9.38. The average molecular weight is 433 g/mol. The summed E-state index contributed by atoms with van der Waals surface area (Å²) < 4.78 is 25.3. The quantitative estimate of drug-likeness (QED) is 0.533. The number of aromatic nitrogens is 1. The molecule has 1 aliphatic heterocycles. The number of carbonyl (C=O) groups is 1. The Hall–Kier alpha value is -2.32. The molecule has 0 bridgehead atoms. The van der Waals surface area contributed by atoms with Crippen molar-refractivity contribution in [2.24, 2.45) is 0 Å². The number of hydrogen-bond acceptors (Lipinski definition) is 6. The summed E-state index contributed by atoms with van der Waals surface area (Å²) >= 11 is 2.94. The molecule has 1 saturated heterocycles. The zero-order valence-electron chi connectivity index (χ0n) is 16.0. The number of fused-ring (bicyclic) bond motifs is 1. The average Bonchev–Trinajstić information content (AvgIpc) is 3.15. The minimum atomic E-state index is -0.269. The van der Waals surface area contributed by atoms with Crippen molar-refractivity contribution in [3.8, 4) is 10.9 Å². The molecule has 0 saturated carbocycles. The highest BCUT2D eigenvalue weighted by Crippen LogP contribution is 2.32. The largest absolute Gasteiger partial charge is 0.497 e. The van der Waals surface area contributed by atoms with Gasteiger partial charge in [-0.25, -0.2) is 9.37 Å². The van der Waals surface area contributed by atoms with Crippen LogP contribution in [0.2, 0.25) is 0 Å². The van der Waals surface area contributed by atoms with Crippen molar-refractivity contribution in [1.29, 1.82) is 0 Å². The molecule has 3 aromatic rings. The van der Waals surface area contributed by atoms with Gasteiger partial charge in [-0.05, 0) is 42.5 Å². The monoisotopic (exact) mass is 432 g/mol. The third-order valence-electron chi connectivity index (χ3n) is 4.81. The predicted octanol–water partition coefficient (Wildman–Crippen LogP) is 4.61. The Balaban J connectivity index is 1.26. The first kappa shape index (κ1) is 20.0. The molecule has 8 heteroatoms. The van der Waals surface area contributed by atoms with Crippen LogP contribution in [0.5, 0.6) is 10.9 Å². The third-order valence-corrected chi connectivity index (χ3v) is 6.72. The summed E-state index contributed by atoms with van der Waals surface area (Å²) in [7, 11) is 1.65. The Bertz CT molecular complexity index is 985. The number of likely N-dealkylation sites (tertiary alicyclic amines) is 1. The highest BCUT2D eigenvalue weighted by molar-refractivity contribution is 8.00. The van der Waals surface area contributed by atoms with Crippen LogP contribution < -0.4 is 9.47 Å². The van der Waals surface area contributed by atoms with Gasteiger partial charge in [0.05, 0.1) is 23.1 Å². The summed E-state index contributed by atoms with van der Waals surface area (Å²) in [5.41, 5.74) is 0.899. The summed E-state index contributed by atoms with van der Waals surface area (Å²) in [6, 6.07) is 12.0. The lowest BCUT2D eigenvalue weighted by Gasteiger charge is -2.31. The van der Waals surface area contributed by atoms with E-state index in [2.05, 4.69) is 4.98 Å². The molecule has 1 aliphatic rings. The van der Waals surface area contributed by atoms with Crippen LogP contribution in [0.1, 0.15) is 12.8 Å². The van der Waals surface area contributed by atoms with Crippen LogP contribution in [-0.2, 0) is 4.79 Å². The maximum atomic E-state index is 13.0. The van der Waals surface area contributed by atoms with E-state index in [4.69, 9.17) is 9.47 Å². The lowest BCUT2D eigenvalue weighted by molar-refractivity contribution is -0.130. The minimum absolute atomic E-state index is 0.0614. The first-order valence-corrected chi connectivity index (χ1v) is 11.2. The second-order valence-corrected chi connectivity index (χ2v) is 8.80. The fourth-order valence-electron chi connectivity index (χ4n) is 3.19. The third kappa shape index (κ3) is 5.00. The molecule has 1 aromatic heterocycles. The van der Waals surface area contributed by atoms with Crippen molar-refractivity contribution in [1.82, 2.24) is 9.88 Å². The van der Waals surface area contributed by atoms with Gasteiger partial charge in [0.2, 0.25) is 5.91 Å². The maximum absolute atomic E-state index is 13.0. The summed E-state index contributed by atoms with van der Waals surface area (Å²) in [5, 5.41) is 0.657. The fraction of sp³-hybridized carbons (Fsp3) is 0.333. The smallest absolute Gasteiger partial charge is 0.274 e. The van der Waals surface area contributed by atoms with E-state index >= 15 is 0 Å². The summed E-state index contributed by atoms with van der Waals surface area (Å²) in [5.74, 6) is 0.995. The van der Waals surface area contributed by atoms with Gasteiger partial charge in [0.25, 0.3) is 5.19 Å². The number of thioether (sulfide) groups is 1. The molecule has 0 unspecified atom stereocenters. The standard InChI is InChI=1S/C21H21FN2O3S2/c1-26-16-4-7-18-19(12-16)29-21(23-18)27-15-8-10-24(11-9-15)20(25)13-28-17-5-2-14(22)3-6-17/h2-7,12,15H,8-11,13H2,1H3. The minimum Gasteiger partial charge on any atom is -0.497 e. The zero-order chi connectivity index (χ0) is 20.2. The molecular formula is C21H21FN2O3S2. The summed E-state index contributed by atoms with van der Waals surface area (Å²) in [6.45, 7) is 1.35. The van der Waals surface area contributed by atoms with Crippen molar-refractivity contribution in [2.45, 2.75) is 23.8 Å². The molecular weight excluding hydrogens is 411 g/mol. The number of hydrogen-bond donors (Lipinski definition) is 0. The molecule has 0 atom stereocenters.